The van der Waals surface area contributed by atoms with Gasteiger partial charge >= 0.3 is 0 Å². The summed E-state index contributed by atoms with van der Waals surface area (Å²) in [4.78, 5) is 13.8. The predicted molar refractivity (Wildman–Crippen MR) is 90.5 cm³/mol. The van der Waals surface area contributed by atoms with Crippen molar-refractivity contribution < 1.29 is 9.90 Å². The molecule has 23 heavy (non-hydrogen) atoms. The molecule has 0 amide bonds. The predicted octanol–water partition coefficient (Wildman–Crippen LogP) is 2.58. The van der Waals surface area contributed by atoms with Crippen molar-refractivity contribution >= 4 is 5.78 Å². The number of aromatic nitrogens is 1. The Morgan fingerprint density at radius 1 is 1.30 bits per heavy atom. The molecule has 122 valence electrons. The highest BCUT2D eigenvalue weighted by Gasteiger charge is 2.29. The molecule has 0 spiro atoms. The number of likely N-dealkylation sites (tertiary alicyclic amines) is 1. The third kappa shape index (κ3) is 3.54. The molecule has 1 fully saturated rings. The van der Waals surface area contributed by atoms with Crippen molar-refractivity contribution in [1.82, 2.24) is 9.47 Å². The number of ketones is 1. The zero-order valence-electron chi connectivity index (χ0n) is 13.8. The molecule has 2 atom stereocenters. The number of aryl methyl sites for hydroxylation is 1. The first-order valence-electron chi connectivity index (χ1n) is 8.16. The van der Waals surface area contributed by atoms with Crippen molar-refractivity contribution in [3.05, 3.63) is 59.4 Å². The summed E-state index contributed by atoms with van der Waals surface area (Å²) < 4.78 is 2.01. The molecule has 1 aromatic carbocycles. The fourth-order valence-electron chi connectivity index (χ4n) is 3.42. The summed E-state index contributed by atoms with van der Waals surface area (Å²) in [7, 11) is 1.97. The van der Waals surface area contributed by atoms with E-state index in [2.05, 4.69) is 17.0 Å². The maximum Gasteiger partial charge on any atom is 0.161 e. The third-order valence-corrected chi connectivity index (χ3v) is 4.79. The van der Waals surface area contributed by atoms with Gasteiger partial charge < -0.3 is 9.67 Å². The van der Waals surface area contributed by atoms with Gasteiger partial charge in [-0.15, -0.1) is 0 Å². The number of Topliss-reactive ketones (excluding diaryl/α,β-unsaturated/α-hetero) is 1. The van der Waals surface area contributed by atoms with Crippen molar-refractivity contribution in [3.8, 4) is 0 Å². The lowest BCUT2D eigenvalue weighted by Gasteiger charge is -2.36. The molecule has 4 heteroatoms. The van der Waals surface area contributed by atoms with Crippen molar-refractivity contribution in [2.75, 3.05) is 13.1 Å². The molecule has 2 aromatic rings. The number of hydrogen-bond acceptors (Lipinski definition) is 3. The van der Waals surface area contributed by atoms with Gasteiger partial charge in [-0.25, -0.2) is 0 Å². The summed E-state index contributed by atoms with van der Waals surface area (Å²) >= 11 is 0. The Bertz CT molecular complexity index is 678. The van der Waals surface area contributed by atoms with Gasteiger partial charge in [0.1, 0.15) is 0 Å². The zero-order valence-corrected chi connectivity index (χ0v) is 13.8. The average molecular weight is 312 g/mol. The lowest BCUT2D eigenvalue weighted by molar-refractivity contribution is 0.0467. The largest absolute Gasteiger partial charge is 0.391 e. The number of hydrogen-bond donors (Lipinski definition) is 1. The second-order valence-corrected chi connectivity index (χ2v) is 6.50. The van der Waals surface area contributed by atoms with Crippen LogP contribution in [0.2, 0.25) is 0 Å². The third-order valence-electron chi connectivity index (χ3n) is 4.79. The van der Waals surface area contributed by atoms with E-state index in [0.717, 1.165) is 30.8 Å². The summed E-state index contributed by atoms with van der Waals surface area (Å²) in [6.07, 6.45) is 2.48. The zero-order chi connectivity index (χ0) is 16.4. The van der Waals surface area contributed by atoms with Gasteiger partial charge in [0.25, 0.3) is 0 Å². The van der Waals surface area contributed by atoms with Crippen LogP contribution < -0.4 is 0 Å². The fraction of sp³-hybridized carbons (Fsp3) is 0.421. The Morgan fingerprint density at radius 3 is 2.65 bits per heavy atom. The molecule has 2 heterocycles. The second kappa shape index (κ2) is 6.69. The Morgan fingerprint density at radius 2 is 2.04 bits per heavy atom. The number of piperidine rings is 1. The SMILES string of the molecule is CC(=O)c1cc(CN2CC[C@H](c3ccccc3)[C@H](O)C2)n(C)c1. The molecule has 0 radical (unpaired) electrons. The maximum absolute atomic E-state index is 11.5. The number of aliphatic hydroxyl groups is 1. The van der Waals surface area contributed by atoms with Crippen LogP contribution in [0.3, 0.4) is 0 Å². The number of carbonyl (C=O) groups excluding carboxylic acids is 1. The summed E-state index contributed by atoms with van der Waals surface area (Å²) in [6, 6.07) is 12.2. The average Bonchev–Trinajstić information content (AvgIpc) is 2.90. The standard InChI is InChI=1S/C19H24N2O2/c1-14(22)16-10-17(20(2)11-16)12-21-9-8-18(19(23)13-21)15-6-4-3-5-7-15/h3-7,10-11,18-19,23H,8-9,12-13H2,1-2H3/t18-,19-/m1/s1. The van der Waals surface area contributed by atoms with Crippen LogP contribution >= 0.6 is 0 Å². The van der Waals surface area contributed by atoms with E-state index in [9.17, 15) is 9.90 Å². The van der Waals surface area contributed by atoms with Gasteiger partial charge in [0.2, 0.25) is 0 Å². The molecule has 1 aliphatic heterocycles. The van der Waals surface area contributed by atoms with Crippen LogP contribution in [-0.4, -0.2) is 39.6 Å². The quantitative estimate of drug-likeness (QED) is 0.883. The molecule has 0 bridgehead atoms. The molecule has 4 nitrogen and oxygen atoms in total. The van der Waals surface area contributed by atoms with Crippen molar-refractivity contribution in [2.45, 2.75) is 31.9 Å². The van der Waals surface area contributed by atoms with Crippen molar-refractivity contribution in [3.63, 3.8) is 0 Å². The van der Waals surface area contributed by atoms with E-state index < -0.39 is 0 Å². The van der Waals surface area contributed by atoms with E-state index in [1.165, 1.54) is 5.56 Å². The summed E-state index contributed by atoms with van der Waals surface area (Å²) in [5.74, 6) is 0.309. The first-order valence-corrected chi connectivity index (χ1v) is 8.16. The summed E-state index contributed by atoms with van der Waals surface area (Å²) in [5, 5.41) is 10.5. The number of β-amino-alcohol motifs (C(OH)–C–C–N with tert-alkyl or cyclic N) is 1. The molecule has 0 saturated carbocycles. The Hall–Kier alpha value is -1.91. The molecule has 1 aliphatic rings. The Labute approximate surface area is 137 Å². The van der Waals surface area contributed by atoms with E-state index in [-0.39, 0.29) is 17.8 Å². The number of aliphatic hydroxyl groups excluding tert-OH is 1. The maximum atomic E-state index is 11.5. The van der Waals surface area contributed by atoms with Gasteiger partial charge in [0.05, 0.1) is 6.10 Å². The summed E-state index contributed by atoms with van der Waals surface area (Å²) in [5.41, 5.74) is 3.08. The van der Waals surface area contributed by atoms with Crippen molar-refractivity contribution in [2.24, 2.45) is 7.05 Å². The Kier molecular flexibility index (Phi) is 4.64. The van der Waals surface area contributed by atoms with Crippen LogP contribution in [-0.2, 0) is 13.6 Å². The smallest absolute Gasteiger partial charge is 0.161 e. The van der Waals surface area contributed by atoms with Gasteiger partial charge in [-0.3, -0.25) is 9.69 Å². The molecule has 0 unspecified atom stereocenters. The Balaban J connectivity index is 1.65. The van der Waals surface area contributed by atoms with Crippen molar-refractivity contribution in [1.29, 1.82) is 0 Å². The van der Waals surface area contributed by atoms with E-state index in [0.29, 0.717) is 6.54 Å². The van der Waals surface area contributed by atoms with Gasteiger partial charge in [-0.2, -0.15) is 0 Å². The second-order valence-electron chi connectivity index (χ2n) is 6.50. The highest BCUT2D eigenvalue weighted by Crippen LogP contribution is 2.29. The minimum Gasteiger partial charge on any atom is -0.391 e. The number of carbonyl (C=O) groups is 1. The molecule has 0 aliphatic carbocycles. The van der Waals surface area contributed by atoms with Gasteiger partial charge in [-0.1, -0.05) is 30.3 Å². The van der Waals surface area contributed by atoms with Gasteiger partial charge in [0, 0.05) is 43.5 Å². The molecule has 1 N–H and O–H groups in total. The number of nitrogens with zero attached hydrogens (tertiary/aromatic N) is 2. The number of benzene rings is 1. The van der Waals surface area contributed by atoms with Crippen LogP contribution in [0.15, 0.2) is 42.6 Å². The van der Waals surface area contributed by atoms with Gasteiger partial charge in [-0.05, 0) is 31.5 Å². The fourth-order valence-corrected chi connectivity index (χ4v) is 3.42. The molecule has 3 rings (SSSR count). The normalized spacial score (nSPS) is 22.2. The van der Waals surface area contributed by atoms with Crippen LogP contribution in [0.5, 0.6) is 0 Å². The molecule has 1 saturated heterocycles. The highest BCUT2D eigenvalue weighted by atomic mass is 16.3. The van der Waals surface area contributed by atoms with Gasteiger partial charge in [0.15, 0.2) is 5.78 Å². The minimum atomic E-state index is -0.348. The molecular weight excluding hydrogens is 288 g/mol. The minimum absolute atomic E-state index is 0.0923. The summed E-state index contributed by atoms with van der Waals surface area (Å²) in [6.45, 7) is 3.98. The van der Waals surface area contributed by atoms with E-state index in [4.69, 9.17) is 0 Å². The van der Waals surface area contributed by atoms with Crippen LogP contribution in [0.1, 0.15) is 40.9 Å². The van der Waals surface area contributed by atoms with E-state index >= 15 is 0 Å². The first-order chi connectivity index (χ1) is 11.0. The highest BCUT2D eigenvalue weighted by molar-refractivity contribution is 5.94. The van der Waals surface area contributed by atoms with E-state index in [1.807, 2.05) is 42.1 Å². The van der Waals surface area contributed by atoms with E-state index in [1.54, 1.807) is 6.92 Å². The lowest BCUT2D eigenvalue weighted by Crippen LogP contribution is -2.42. The van der Waals surface area contributed by atoms with Crippen LogP contribution in [0.25, 0.3) is 0 Å². The van der Waals surface area contributed by atoms with Crippen LogP contribution in [0, 0.1) is 0 Å². The first kappa shape index (κ1) is 16.0. The molecule has 1 aromatic heterocycles. The van der Waals surface area contributed by atoms with Crippen LogP contribution in [0.4, 0.5) is 0 Å². The molecular formula is C19H24N2O2. The topological polar surface area (TPSA) is 45.5 Å². The lowest BCUT2D eigenvalue weighted by atomic mass is 9.87. The monoisotopic (exact) mass is 312 g/mol. The number of rotatable bonds is 4.